The largest absolute Gasteiger partial charge is 0.486 e. The summed E-state index contributed by atoms with van der Waals surface area (Å²) < 4.78 is 46.1. The molecule has 0 atom stereocenters. The molecular formula is C17H13F3N4OS. The number of hydrogen-bond donors (Lipinski definition) is 1. The van der Waals surface area contributed by atoms with Gasteiger partial charge >= 0.3 is 6.18 Å². The Morgan fingerprint density at radius 2 is 1.81 bits per heavy atom. The third kappa shape index (κ3) is 4.17. The van der Waals surface area contributed by atoms with Crippen LogP contribution in [0.5, 0.6) is 5.75 Å². The van der Waals surface area contributed by atoms with Crippen molar-refractivity contribution >= 4 is 18.4 Å². The topological polar surface area (TPSA) is 55.2 Å². The van der Waals surface area contributed by atoms with Gasteiger partial charge in [-0.3, -0.25) is 0 Å². The van der Waals surface area contributed by atoms with Crippen molar-refractivity contribution in [2.45, 2.75) is 12.8 Å². The summed E-state index contributed by atoms with van der Waals surface area (Å²) in [4.78, 5) is 0. The SMILES string of the molecule is FC(F)(F)c1ccccc1/C=N\n1c(COc2ccccc2)n[nH]c1=S. The molecule has 0 spiro atoms. The molecule has 0 fully saturated rings. The Morgan fingerprint density at radius 1 is 1.12 bits per heavy atom. The average molecular weight is 378 g/mol. The monoisotopic (exact) mass is 378 g/mol. The minimum absolute atomic E-state index is 0.0510. The normalized spacial score (nSPS) is 11.8. The van der Waals surface area contributed by atoms with Gasteiger partial charge in [0.15, 0.2) is 5.82 Å². The summed E-state index contributed by atoms with van der Waals surface area (Å²) in [5.74, 6) is 0.957. The van der Waals surface area contributed by atoms with Crippen molar-refractivity contribution in [3.63, 3.8) is 0 Å². The van der Waals surface area contributed by atoms with Gasteiger partial charge in [-0.15, -0.1) is 0 Å². The maximum absolute atomic E-state index is 13.1. The van der Waals surface area contributed by atoms with E-state index >= 15 is 0 Å². The zero-order chi connectivity index (χ0) is 18.6. The molecule has 134 valence electrons. The van der Waals surface area contributed by atoms with Gasteiger partial charge in [0.25, 0.3) is 0 Å². The first-order chi connectivity index (χ1) is 12.4. The molecule has 0 radical (unpaired) electrons. The highest BCUT2D eigenvalue weighted by atomic mass is 32.1. The summed E-state index contributed by atoms with van der Waals surface area (Å²) in [7, 11) is 0. The van der Waals surface area contributed by atoms with Crippen LogP contribution in [0.25, 0.3) is 0 Å². The molecule has 3 rings (SSSR count). The van der Waals surface area contributed by atoms with Gasteiger partial charge in [0.05, 0.1) is 11.8 Å². The second-order valence-corrected chi connectivity index (χ2v) is 5.57. The number of nitrogens with zero attached hydrogens (tertiary/aromatic N) is 3. The molecule has 0 unspecified atom stereocenters. The number of aromatic amines is 1. The van der Waals surface area contributed by atoms with E-state index in [2.05, 4.69) is 15.3 Å². The molecule has 5 nitrogen and oxygen atoms in total. The first-order valence-corrected chi connectivity index (χ1v) is 7.91. The molecule has 0 bridgehead atoms. The summed E-state index contributed by atoms with van der Waals surface area (Å²) in [5.41, 5.74) is -0.848. The van der Waals surface area contributed by atoms with Gasteiger partial charge in [0, 0.05) is 5.56 Å². The lowest BCUT2D eigenvalue weighted by molar-refractivity contribution is -0.137. The Hall–Kier alpha value is -2.94. The van der Waals surface area contributed by atoms with Gasteiger partial charge in [0.1, 0.15) is 12.4 Å². The van der Waals surface area contributed by atoms with E-state index in [1.807, 2.05) is 18.2 Å². The quantitative estimate of drug-likeness (QED) is 0.528. The number of aromatic nitrogens is 3. The number of hydrogen-bond acceptors (Lipinski definition) is 4. The maximum atomic E-state index is 13.1. The Morgan fingerprint density at radius 3 is 2.54 bits per heavy atom. The second kappa shape index (κ2) is 7.52. The van der Waals surface area contributed by atoms with Crippen LogP contribution in [-0.2, 0) is 12.8 Å². The van der Waals surface area contributed by atoms with E-state index in [0.717, 1.165) is 12.3 Å². The van der Waals surface area contributed by atoms with Crippen molar-refractivity contribution in [2.75, 3.05) is 0 Å². The van der Waals surface area contributed by atoms with Crippen molar-refractivity contribution in [1.29, 1.82) is 0 Å². The number of para-hydroxylation sites is 1. The summed E-state index contributed by atoms with van der Waals surface area (Å²) in [5, 5.41) is 10.6. The molecule has 0 saturated carbocycles. The molecule has 1 heterocycles. The van der Waals surface area contributed by atoms with Gasteiger partial charge in [0.2, 0.25) is 4.77 Å². The number of alkyl halides is 3. The van der Waals surface area contributed by atoms with E-state index in [-0.39, 0.29) is 16.9 Å². The Kier molecular flexibility index (Phi) is 5.17. The first-order valence-electron chi connectivity index (χ1n) is 7.50. The molecule has 0 saturated heterocycles. The van der Waals surface area contributed by atoms with Gasteiger partial charge in [-0.2, -0.15) is 28.0 Å². The molecule has 1 N–H and O–H groups in total. The fraction of sp³-hybridized carbons (Fsp3) is 0.118. The van der Waals surface area contributed by atoms with Crippen molar-refractivity contribution in [2.24, 2.45) is 5.10 Å². The van der Waals surface area contributed by atoms with Crippen LogP contribution in [0.1, 0.15) is 17.0 Å². The maximum Gasteiger partial charge on any atom is 0.417 e. The molecule has 0 aliphatic rings. The summed E-state index contributed by atoms with van der Waals surface area (Å²) in [6.07, 6.45) is -3.38. The summed E-state index contributed by atoms with van der Waals surface area (Å²) >= 11 is 5.08. The van der Waals surface area contributed by atoms with E-state index in [4.69, 9.17) is 17.0 Å². The first kappa shape index (κ1) is 17.9. The lowest BCUT2D eigenvalue weighted by Crippen LogP contribution is -2.09. The fourth-order valence-electron chi connectivity index (χ4n) is 2.19. The average Bonchev–Trinajstić information content (AvgIpc) is 2.98. The van der Waals surface area contributed by atoms with Crippen LogP contribution >= 0.6 is 12.2 Å². The Balaban J connectivity index is 1.84. The number of nitrogens with one attached hydrogen (secondary N) is 1. The number of ether oxygens (including phenoxy) is 1. The number of H-pyrrole nitrogens is 1. The van der Waals surface area contributed by atoms with E-state index in [1.165, 1.54) is 22.9 Å². The van der Waals surface area contributed by atoms with Gasteiger partial charge in [-0.1, -0.05) is 36.4 Å². The smallest absolute Gasteiger partial charge is 0.417 e. The van der Waals surface area contributed by atoms with E-state index in [1.54, 1.807) is 12.1 Å². The molecule has 1 aromatic heterocycles. The molecule has 26 heavy (non-hydrogen) atoms. The van der Waals surface area contributed by atoms with Crippen molar-refractivity contribution in [3.05, 3.63) is 76.3 Å². The standard InChI is InChI=1S/C17H13F3N4OS/c18-17(19,20)14-9-5-4-6-12(14)10-21-24-15(22-23-16(24)26)11-25-13-7-2-1-3-8-13/h1-10H,11H2,(H,23,26)/b21-10-. The summed E-state index contributed by atoms with van der Waals surface area (Å²) in [6, 6.07) is 14.2. The van der Waals surface area contributed by atoms with Crippen molar-refractivity contribution in [1.82, 2.24) is 14.9 Å². The lowest BCUT2D eigenvalue weighted by atomic mass is 10.1. The summed E-state index contributed by atoms with van der Waals surface area (Å²) in [6.45, 7) is 0.0510. The highest BCUT2D eigenvalue weighted by Crippen LogP contribution is 2.31. The minimum Gasteiger partial charge on any atom is -0.486 e. The Bertz CT molecular complexity index is 964. The zero-order valence-electron chi connectivity index (χ0n) is 13.3. The van der Waals surface area contributed by atoms with Crippen LogP contribution in [0.2, 0.25) is 0 Å². The molecule has 0 amide bonds. The third-order valence-corrected chi connectivity index (χ3v) is 3.67. The highest BCUT2D eigenvalue weighted by molar-refractivity contribution is 7.71. The number of halogens is 3. The Labute approximate surface area is 151 Å². The van der Waals surface area contributed by atoms with Crippen LogP contribution in [0.4, 0.5) is 13.2 Å². The highest BCUT2D eigenvalue weighted by Gasteiger charge is 2.32. The van der Waals surface area contributed by atoms with Crippen LogP contribution in [0.3, 0.4) is 0 Å². The fourth-order valence-corrected chi connectivity index (χ4v) is 2.39. The van der Waals surface area contributed by atoms with Crippen LogP contribution < -0.4 is 4.74 Å². The van der Waals surface area contributed by atoms with Gasteiger partial charge in [-0.25, -0.2) is 5.10 Å². The molecule has 0 aliphatic heterocycles. The minimum atomic E-state index is -4.47. The molecule has 9 heteroatoms. The van der Waals surface area contributed by atoms with Crippen LogP contribution in [0.15, 0.2) is 59.7 Å². The van der Waals surface area contributed by atoms with E-state index < -0.39 is 11.7 Å². The number of rotatable bonds is 5. The van der Waals surface area contributed by atoms with Crippen LogP contribution in [0, 0.1) is 4.77 Å². The molecular weight excluding hydrogens is 365 g/mol. The predicted molar refractivity (Wildman–Crippen MR) is 92.6 cm³/mol. The van der Waals surface area contributed by atoms with Crippen molar-refractivity contribution < 1.29 is 17.9 Å². The second-order valence-electron chi connectivity index (χ2n) is 5.19. The lowest BCUT2D eigenvalue weighted by Gasteiger charge is -2.09. The van der Waals surface area contributed by atoms with E-state index in [0.29, 0.717) is 11.6 Å². The van der Waals surface area contributed by atoms with Gasteiger partial charge in [-0.05, 0) is 30.4 Å². The van der Waals surface area contributed by atoms with Crippen LogP contribution in [-0.4, -0.2) is 21.1 Å². The zero-order valence-corrected chi connectivity index (χ0v) is 14.1. The molecule has 2 aromatic carbocycles. The van der Waals surface area contributed by atoms with Gasteiger partial charge < -0.3 is 4.74 Å². The molecule has 3 aromatic rings. The van der Waals surface area contributed by atoms with Crippen molar-refractivity contribution in [3.8, 4) is 5.75 Å². The molecule has 0 aliphatic carbocycles. The predicted octanol–water partition coefficient (Wildman–Crippen LogP) is 4.42. The number of benzene rings is 2. The third-order valence-electron chi connectivity index (χ3n) is 3.41. The van der Waals surface area contributed by atoms with E-state index in [9.17, 15) is 13.2 Å².